The van der Waals surface area contributed by atoms with Gasteiger partial charge in [-0.05, 0) is 18.3 Å². The number of amides is 1. The van der Waals surface area contributed by atoms with Crippen molar-refractivity contribution in [1.29, 1.82) is 0 Å². The lowest BCUT2D eigenvalue weighted by atomic mass is 9.82. The SMILES string of the molecule is CCC1O[C@H](Br)C(NC(C)=O)[C@@H](C)[C@@H]1C. The molecule has 0 bridgehead atoms. The van der Waals surface area contributed by atoms with Crippen molar-refractivity contribution in [3.05, 3.63) is 0 Å². The Morgan fingerprint density at radius 2 is 2.00 bits per heavy atom. The molecule has 0 aromatic rings. The Bertz CT molecular complexity index is 235. The van der Waals surface area contributed by atoms with Gasteiger partial charge in [0.25, 0.3) is 0 Å². The van der Waals surface area contributed by atoms with E-state index in [-0.39, 0.29) is 23.1 Å². The maximum Gasteiger partial charge on any atom is 0.217 e. The molecule has 0 aromatic carbocycles. The molecule has 4 heteroatoms. The first-order valence-corrected chi connectivity index (χ1v) is 6.45. The second-order valence-electron chi connectivity index (χ2n) is 4.38. The Hall–Kier alpha value is -0.0900. The van der Waals surface area contributed by atoms with Crippen LogP contribution in [0.15, 0.2) is 0 Å². The molecule has 1 N–H and O–H groups in total. The highest BCUT2D eigenvalue weighted by atomic mass is 79.9. The van der Waals surface area contributed by atoms with E-state index in [0.717, 1.165) is 6.42 Å². The molecule has 0 aromatic heterocycles. The maximum atomic E-state index is 11.1. The first-order chi connectivity index (χ1) is 6.97. The Labute approximate surface area is 100 Å². The molecular formula is C11H20BrNO2. The second-order valence-corrected chi connectivity index (χ2v) is 5.28. The van der Waals surface area contributed by atoms with Gasteiger partial charge >= 0.3 is 0 Å². The molecule has 15 heavy (non-hydrogen) atoms. The monoisotopic (exact) mass is 277 g/mol. The van der Waals surface area contributed by atoms with Crippen molar-refractivity contribution in [2.75, 3.05) is 0 Å². The summed E-state index contributed by atoms with van der Waals surface area (Å²) in [4.78, 5) is 11.1. The molecule has 1 aliphatic rings. The summed E-state index contributed by atoms with van der Waals surface area (Å²) in [6.07, 6.45) is 1.30. The quantitative estimate of drug-likeness (QED) is 0.787. The molecular weight excluding hydrogens is 258 g/mol. The highest BCUT2D eigenvalue weighted by Crippen LogP contribution is 2.34. The van der Waals surface area contributed by atoms with Gasteiger partial charge in [-0.2, -0.15) is 0 Å². The summed E-state index contributed by atoms with van der Waals surface area (Å²) in [5.74, 6) is 0.902. The van der Waals surface area contributed by atoms with Gasteiger partial charge in [-0.1, -0.05) is 36.7 Å². The Balaban J connectivity index is 2.70. The minimum atomic E-state index is -0.0717. The molecule has 1 aliphatic heterocycles. The minimum absolute atomic E-state index is 0.00190. The Morgan fingerprint density at radius 1 is 1.40 bits per heavy atom. The Kier molecular flexibility index (Phi) is 4.59. The third kappa shape index (κ3) is 2.94. The van der Waals surface area contributed by atoms with Crippen LogP contribution in [0.1, 0.15) is 34.1 Å². The first kappa shape index (κ1) is 13.0. The average Bonchev–Trinajstić information content (AvgIpc) is 2.18. The number of carbonyl (C=O) groups is 1. The van der Waals surface area contributed by atoms with Crippen molar-refractivity contribution in [1.82, 2.24) is 5.32 Å². The van der Waals surface area contributed by atoms with Crippen molar-refractivity contribution in [2.45, 2.75) is 51.3 Å². The average molecular weight is 278 g/mol. The van der Waals surface area contributed by atoms with E-state index in [4.69, 9.17) is 4.74 Å². The molecule has 1 amide bonds. The molecule has 88 valence electrons. The van der Waals surface area contributed by atoms with Crippen molar-refractivity contribution in [3.63, 3.8) is 0 Å². The summed E-state index contributed by atoms with van der Waals surface area (Å²) in [7, 11) is 0. The van der Waals surface area contributed by atoms with Crippen molar-refractivity contribution < 1.29 is 9.53 Å². The predicted octanol–water partition coefficient (Wildman–Crippen LogP) is 2.29. The van der Waals surface area contributed by atoms with Crippen LogP contribution in [0, 0.1) is 11.8 Å². The van der Waals surface area contributed by atoms with Gasteiger partial charge in [0.2, 0.25) is 5.91 Å². The van der Waals surface area contributed by atoms with E-state index in [1.807, 2.05) is 0 Å². The molecule has 1 rings (SSSR count). The van der Waals surface area contributed by atoms with E-state index in [0.29, 0.717) is 11.8 Å². The van der Waals surface area contributed by atoms with Gasteiger partial charge in [-0.15, -0.1) is 0 Å². The first-order valence-electron chi connectivity index (χ1n) is 5.54. The summed E-state index contributed by atoms with van der Waals surface area (Å²) >= 11 is 3.50. The van der Waals surface area contributed by atoms with Crippen LogP contribution < -0.4 is 5.32 Å². The standard InChI is InChI=1S/C11H20BrNO2/c1-5-9-6(2)7(3)10(11(12)15-9)13-8(4)14/h6-7,9-11H,5H2,1-4H3,(H,13,14)/t6-,7-,9?,10?,11-/m0/s1. The van der Waals surface area contributed by atoms with E-state index >= 15 is 0 Å². The van der Waals surface area contributed by atoms with E-state index in [1.54, 1.807) is 6.92 Å². The zero-order valence-electron chi connectivity index (χ0n) is 9.79. The second kappa shape index (κ2) is 5.30. The van der Waals surface area contributed by atoms with Crippen LogP contribution in [0.5, 0.6) is 0 Å². The normalized spacial score (nSPS) is 41.3. The van der Waals surface area contributed by atoms with Crippen LogP contribution in [0.2, 0.25) is 0 Å². The maximum absolute atomic E-state index is 11.1. The fourth-order valence-electron chi connectivity index (χ4n) is 2.18. The number of hydrogen-bond donors (Lipinski definition) is 1. The van der Waals surface area contributed by atoms with E-state index < -0.39 is 0 Å². The van der Waals surface area contributed by atoms with Crippen LogP contribution >= 0.6 is 15.9 Å². The third-order valence-corrected chi connectivity index (χ3v) is 4.13. The summed E-state index contributed by atoms with van der Waals surface area (Å²) < 4.78 is 5.83. The Morgan fingerprint density at radius 3 is 2.47 bits per heavy atom. The van der Waals surface area contributed by atoms with Crippen LogP contribution in [0.3, 0.4) is 0 Å². The van der Waals surface area contributed by atoms with Crippen molar-refractivity contribution >= 4 is 21.8 Å². The fraction of sp³-hybridized carbons (Fsp3) is 0.909. The molecule has 0 spiro atoms. The highest BCUT2D eigenvalue weighted by molar-refractivity contribution is 9.09. The fourth-order valence-corrected chi connectivity index (χ4v) is 3.07. The van der Waals surface area contributed by atoms with Crippen molar-refractivity contribution in [3.8, 4) is 0 Å². The number of alkyl halides is 1. The summed E-state index contributed by atoms with van der Waals surface area (Å²) in [6.45, 7) is 8.03. The molecule has 3 nitrogen and oxygen atoms in total. The van der Waals surface area contributed by atoms with Gasteiger partial charge in [-0.3, -0.25) is 4.79 Å². The third-order valence-electron chi connectivity index (χ3n) is 3.34. The number of rotatable bonds is 2. The largest absolute Gasteiger partial charge is 0.361 e. The van der Waals surface area contributed by atoms with Crippen molar-refractivity contribution in [2.24, 2.45) is 11.8 Å². The van der Waals surface area contributed by atoms with Gasteiger partial charge in [0.05, 0.1) is 12.1 Å². The molecule has 0 saturated carbocycles. The molecule has 0 radical (unpaired) electrons. The van der Waals surface area contributed by atoms with Crippen LogP contribution in [0.25, 0.3) is 0 Å². The van der Waals surface area contributed by atoms with Crippen LogP contribution in [-0.2, 0) is 9.53 Å². The smallest absolute Gasteiger partial charge is 0.217 e. The number of ether oxygens (including phenoxy) is 1. The van der Waals surface area contributed by atoms with Gasteiger partial charge in [0.15, 0.2) is 0 Å². The van der Waals surface area contributed by atoms with E-state index in [1.165, 1.54) is 0 Å². The summed E-state index contributed by atoms with van der Waals surface area (Å²) in [6, 6.07) is 0.0697. The van der Waals surface area contributed by atoms with Crippen LogP contribution in [0.4, 0.5) is 0 Å². The zero-order chi connectivity index (χ0) is 11.6. The lowest BCUT2D eigenvalue weighted by molar-refractivity contribution is -0.125. The highest BCUT2D eigenvalue weighted by Gasteiger charge is 2.39. The van der Waals surface area contributed by atoms with Gasteiger partial charge in [-0.25, -0.2) is 0 Å². The number of carbonyl (C=O) groups excluding carboxylic acids is 1. The number of halogens is 1. The molecule has 5 atom stereocenters. The number of nitrogens with one attached hydrogen (secondary N) is 1. The molecule has 1 heterocycles. The van der Waals surface area contributed by atoms with E-state index in [2.05, 4.69) is 42.0 Å². The summed E-state index contributed by atoms with van der Waals surface area (Å²) in [5.41, 5.74) is 0. The van der Waals surface area contributed by atoms with E-state index in [9.17, 15) is 4.79 Å². The zero-order valence-corrected chi connectivity index (χ0v) is 11.4. The number of hydrogen-bond acceptors (Lipinski definition) is 2. The predicted molar refractivity (Wildman–Crippen MR) is 63.8 cm³/mol. The van der Waals surface area contributed by atoms with Gasteiger partial charge in [0, 0.05) is 6.92 Å². The lowest BCUT2D eigenvalue weighted by Gasteiger charge is -2.43. The summed E-state index contributed by atoms with van der Waals surface area (Å²) in [5, 5.41) is 2.87. The van der Waals surface area contributed by atoms with Gasteiger partial charge < -0.3 is 10.1 Å². The molecule has 1 fully saturated rings. The topological polar surface area (TPSA) is 38.3 Å². The molecule has 0 aliphatic carbocycles. The van der Waals surface area contributed by atoms with Gasteiger partial charge in [0.1, 0.15) is 5.01 Å². The van der Waals surface area contributed by atoms with Crippen LogP contribution in [-0.4, -0.2) is 23.1 Å². The molecule has 1 saturated heterocycles. The minimum Gasteiger partial charge on any atom is -0.361 e. The lowest BCUT2D eigenvalue weighted by Crippen LogP contribution is -2.54. The molecule has 2 unspecified atom stereocenters.